The highest BCUT2D eigenvalue weighted by atomic mass is 32.2. The number of sulfonamides is 1. The topological polar surface area (TPSA) is 66.5 Å². The predicted molar refractivity (Wildman–Crippen MR) is 114 cm³/mol. The molecule has 150 valence electrons. The van der Waals surface area contributed by atoms with Crippen molar-refractivity contribution in [1.82, 2.24) is 9.62 Å². The quantitative estimate of drug-likeness (QED) is 0.667. The van der Waals surface area contributed by atoms with Crippen LogP contribution in [0.5, 0.6) is 0 Å². The Balaban J connectivity index is 1.46. The highest BCUT2D eigenvalue weighted by molar-refractivity contribution is 7.98. The van der Waals surface area contributed by atoms with E-state index in [0.717, 1.165) is 24.3 Å². The Morgan fingerprint density at radius 1 is 1.07 bits per heavy atom. The van der Waals surface area contributed by atoms with Crippen molar-refractivity contribution in [3.8, 4) is 0 Å². The summed E-state index contributed by atoms with van der Waals surface area (Å²) in [5.41, 5.74) is 3.07. The molecule has 2 aromatic carbocycles. The van der Waals surface area contributed by atoms with Crippen LogP contribution in [-0.2, 0) is 15.8 Å². The molecular weight excluding hydrogens is 392 g/mol. The summed E-state index contributed by atoms with van der Waals surface area (Å²) in [7, 11) is -3.44. The van der Waals surface area contributed by atoms with Crippen molar-refractivity contribution in [3.63, 3.8) is 0 Å². The number of nitrogens with one attached hydrogen (secondary N) is 1. The molecule has 0 aromatic heterocycles. The highest BCUT2D eigenvalue weighted by Gasteiger charge is 2.27. The predicted octanol–water partition coefficient (Wildman–Crippen LogP) is 3.44. The molecule has 0 radical (unpaired) electrons. The first-order chi connectivity index (χ1) is 13.5. The lowest BCUT2D eigenvalue weighted by atomic mass is 10.1. The van der Waals surface area contributed by atoms with E-state index in [4.69, 9.17) is 0 Å². The number of hydrogen-bond donors (Lipinski definition) is 1. The van der Waals surface area contributed by atoms with E-state index in [1.807, 2.05) is 12.1 Å². The normalized spacial score (nSPS) is 14.9. The first kappa shape index (κ1) is 20.9. The fourth-order valence-electron chi connectivity index (χ4n) is 3.15. The van der Waals surface area contributed by atoms with Gasteiger partial charge in [-0.1, -0.05) is 24.3 Å². The van der Waals surface area contributed by atoms with E-state index >= 15 is 0 Å². The second kappa shape index (κ2) is 9.58. The lowest BCUT2D eigenvalue weighted by Crippen LogP contribution is -2.28. The molecule has 28 heavy (non-hydrogen) atoms. The molecule has 1 fully saturated rings. The number of hydrogen-bond acceptors (Lipinski definition) is 4. The molecule has 7 heteroatoms. The van der Waals surface area contributed by atoms with Crippen LogP contribution in [0.4, 0.5) is 0 Å². The van der Waals surface area contributed by atoms with E-state index in [1.165, 1.54) is 27.6 Å². The molecule has 5 nitrogen and oxygen atoms in total. The highest BCUT2D eigenvalue weighted by Crippen LogP contribution is 2.21. The molecule has 0 aliphatic carbocycles. The second-order valence-electron chi connectivity index (χ2n) is 6.87. The number of amides is 1. The molecule has 0 spiro atoms. The Labute approximate surface area is 171 Å². The number of carbonyl (C=O) groups is 1. The smallest absolute Gasteiger partial charge is 0.251 e. The van der Waals surface area contributed by atoms with E-state index in [2.05, 4.69) is 24.4 Å². The van der Waals surface area contributed by atoms with Gasteiger partial charge >= 0.3 is 0 Å². The number of carbonyl (C=O) groups excluding carboxylic acids is 1. The number of rotatable bonds is 8. The van der Waals surface area contributed by atoms with Gasteiger partial charge < -0.3 is 5.32 Å². The number of nitrogens with zero attached hydrogens (tertiary/aromatic N) is 1. The summed E-state index contributed by atoms with van der Waals surface area (Å²) >= 11 is 1.78. The van der Waals surface area contributed by atoms with E-state index in [9.17, 15) is 13.2 Å². The van der Waals surface area contributed by atoms with Gasteiger partial charge in [-0.3, -0.25) is 4.79 Å². The average Bonchev–Trinajstić information content (AvgIpc) is 3.25. The van der Waals surface area contributed by atoms with Crippen LogP contribution < -0.4 is 5.32 Å². The maximum absolute atomic E-state index is 12.5. The molecule has 0 unspecified atom stereocenters. The summed E-state index contributed by atoms with van der Waals surface area (Å²) in [4.78, 5) is 12.5. The monoisotopic (exact) mass is 418 g/mol. The number of aryl methyl sites for hydroxylation is 1. The van der Waals surface area contributed by atoms with Gasteiger partial charge in [0.2, 0.25) is 10.0 Å². The van der Waals surface area contributed by atoms with Crippen molar-refractivity contribution < 1.29 is 13.2 Å². The van der Waals surface area contributed by atoms with Crippen LogP contribution in [0.25, 0.3) is 0 Å². The number of benzene rings is 2. The van der Waals surface area contributed by atoms with Crippen molar-refractivity contribution in [2.75, 3.05) is 25.4 Å². The molecule has 1 amide bonds. The lowest BCUT2D eigenvalue weighted by molar-refractivity contribution is 0.0956. The van der Waals surface area contributed by atoms with Crippen LogP contribution in [0.15, 0.2) is 53.4 Å². The first-order valence-electron chi connectivity index (χ1n) is 9.49. The zero-order chi connectivity index (χ0) is 20.0. The van der Waals surface area contributed by atoms with Crippen molar-refractivity contribution in [1.29, 1.82) is 0 Å². The summed E-state index contributed by atoms with van der Waals surface area (Å²) in [5, 5.41) is 2.89. The summed E-state index contributed by atoms with van der Waals surface area (Å²) in [6.45, 7) is 3.82. The Bertz CT molecular complexity index is 906. The van der Waals surface area contributed by atoms with Crippen molar-refractivity contribution in [2.45, 2.75) is 30.4 Å². The van der Waals surface area contributed by atoms with Crippen LogP contribution in [-0.4, -0.2) is 44.0 Å². The fraction of sp³-hybridized carbons (Fsp3) is 0.381. The molecule has 1 saturated heterocycles. The van der Waals surface area contributed by atoms with Gasteiger partial charge in [-0.2, -0.15) is 16.1 Å². The van der Waals surface area contributed by atoms with Crippen LogP contribution in [0.1, 0.15) is 34.3 Å². The molecule has 2 aromatic rings. The number of thioether (sulfide) groups is 1. The molecule has 1 aliphatic rings. The van der Waals surface area contributed by atoms with Crippen LogP contribution in [0.2, 0.25) is 0 Å². The van der Waals surface area contributed by atoms with Crippen molar-refractivity contribution in [3.05, 3.63) is 65.2 Å². The molecular formula is C21H26N2O3S2. The van der Waals surface area contributed by atoms with Gasteiger partial charge in [-0.05, 0) is 55.2 Å². The minimum atomic E-state index is -3.44. The minimum absolute atomic E-state index is 0.179. The summed E-state index contributed by atoms with van der Waals surface area (Å²) in [6, 6.07) is 14.5. The largest absolute Gasteiger partial charge is 0.351 e. The molecule has 1 aliphatic heterocycles. The molecule has 0 bridgehead atoms. The van der Waals surface area contributed by atoms with Gasteiger partial charge in [0.05, 0.1) is 4.90 Å². The Morgan fingerprint density at radius 3 is 2.43 bits per heavy atom. The van der Waals surface area contributed by atoms with Gasteiger partial charge in [-0.15, -0.1) is 0 Å². The maximum atomic E-state index is 12.5. The maximum Gasteiger partial charge on any atom is 0.251 e. The molecule has 3 rings (SSSR count). The molecule has 0 atom stereocenters. The standard InChI is InChI=1S/C21H26N2O3S2/c1-17-6-2-3-7-19(17)16-27-15-12-22-21(24)18-8-10-20(11-9-18)28(25,26)23-13-4-5-14-23/h2-3,6-11H,4-5,12-16H2,1H3,(H,22,24). The summed E-state index contributed by atoms with van der Waals surface area (Å²) in [6.07, 6.45) is 1.81. The third-order valence-electron chi connectivity index (χ3n) is 4.87. The fourth-order valence-corrected chi connectivity index (χ4v) is 5.60. The SMILES string of the molecule is Cc1ccccc1CSCCNC(=O)c1ccc(S(=O)(=O)N2CCCC2)cc1. The summed E-state index contributed by atoms with van der Waals surface area (Å²) in [5.74, 6) is 1.56. The summed E-state index contributed by atoms with van der Waals surface area (Å²) < 4.78 is 26.6. The van der Waals surface area contributed by atoms with Gasteiger partial charge in [0.25, 0.3) is 5.91 Å². The first-order valence-corrected chi connectivity index (χ1v) is 12.1. The van der Waals surface area contributed by atoms with Crippen LogP contribution in [0.3, 0.4) is 0 Å². The van der Waals surface area contributed by atoms with E-state index < -0.39 is 10.0 Å². The van der Waals surface area contributed by atoms with Gasteiger partial charge in [0.15, 0.2) is 0 Å². The molecule has 1 heterocycles. The minimum Gasteiger partial charge on any atom is -0.351 e. The Morgan fingerprint density at radius 2 is 1.75 bits per heavy atom. The Hall–Kier alpha value is -1.83. The van der Waals surface area contributed by atoms with E-state index in [0.29, 0.717) is 25.2 Å². The van der Waals surface area contributed by atoms with Crippen LogP contribution >= 0.6 is 11.8 Å². The second-order valence-corrected chi connectivity index (χ2v) is 9.91. The van der Waals surface area contributed by atoms with Gasteiger partial charge in [0, 0.05) is 36.7 Å². The third-order valence-corrected chi connectivity index (χ3v) is 7.79. The molecule has 1 N–H and O–H groups in total. The van der Waals surface area contributed by atoms with Crippen molar-refractivity contribution >= 4 is 27.7 Å². The average molecular weight is 419 g/mol. The third kappa shape index (κ3) is 5.16. The zero-order valence-corrected chi connectivity index (χ0v) is 17.7. The van der Waals surface area contributed by atoms with Gasteiger partial charge in [-0.25, -0.2) is 8.42 Å². The van der Waals surface area contributed by atoms with Gasteiger partial charge in [0.1, 0.15) is 0 Å². The Kier molecular flexibility index (Phi) is 7.15. The zero-order valence-electron chi connectivity index (χ0n) is 16.1. The molecule has 0 saturated carbocycles. The van der Waals surface area contributed by atoms with E-state index in [-0.39, 0.29) is 10.8 Å². The lowest BCUT2D eigenvalue weighted by Gasteiger charge is -2.15. The van der Waals surface area contributed by atoms with Crippen LogP contribution in [0, 0.1) is 6.92 Å². The van der Waals surface area contributed by atoms with E-state index in [1.54, 1.807) is 23.9 Å². The van der Waals surface area contributed by atoms with Crippen molar-refractivity contribution in [2.24, 2.45) is 0 Å².